The molecule has 0 atom stereocenters. The quantitative estimate of drug-likeness (QED) is 0.623. The zero-order valence-corrected chi connectivity index (χ0v) is 13.4. The third-order valence-corrected chi connectivity index (χ3v) is 4.42. The highest BCUT2D eigenvalue weighted by atomic mass is 35.5. The Morgan fingerprint density at radius 3 is 2.50 bits per heavy atom. The molecule has 2 aromatic rings. The molecule has 0 aliphatic heterocycles. The van der Waals surface area contributed by atoms with E-state index in [-0.39, 0.29) is 12.2 Å². The molecule has 0 radical (unpaired) electrons. The molecule has 0 N–H and O–H groups in total. The van der Waals surface area contributed by atoms with E-state index in [0.29, 0.717) is 10.6 Å². The Kier molecular flexibility index (Phi) is 4.89. The van der Waals surface area contributed by atoms with E-state index in [2.05, 4.69) is 5.10 Å². The van der Waals surface area contributed by atoms with E-state index in [1.807, 2.05) is 44.5 Å². The molecule has 2 rings (SSSR count). The zero-order valence-electron chi connectivity index (χ0n) is 11.8. The van der Waals surface area contributed by atoms with Crippen molar-refractivity contribution in [2.75, 3.05) is 6.26 Å². The van der Waals surface area contributed by atoms with Crippen LogP contribution in [0.4, 0.5) is 0 Å². The lowest BCUT2D eigenvalue weighted by atomic mass is 10.1. The number of rotatable bonds is 5. The van der Waals surface area contributed by atoms with Crippen molar-refractivity contribution in [2.45, 2.75) is 24.7 Å². The van der Waals surface area contributed by atoms with Gasteiger partial charge in [-0.05, 0) is 24.8 Å². The van der Waals surface area contributed by atoms with Gasteiger partial charge in [0.2, 0.25) is 0 Å². The van der Waals surface area contributed by atoms with Gasteiger partial charge in [0.1, 0.15) is 0 Å². The molecule has 5 heteroatoms. The van der Waals surface area contributed by atoms with Crippen molar-refractivity contribution in [3.05, 3.63) is 46.2 Å². The summed E-state index contributed by atoms with van der Waals surface area (Å²) in [6.45, 7) is 2.00. The summed E-state index contributed by atoms with van der Waals surface area (Å²) in [4.78, 5) is 13.5. The highest BCUT2D eigenvalue weighted by Gasteiger charge is 2.17. The van der Waals surface area contributed by atoms with Crippen LogP contribution in [-0.4, -0.2) is 21.8 Å². The van der Waals surface area contributed by atoms with E-state index >= 15 is 0 Å². The largest absolute Gasteiger partial charge is 0.294 e. The average Bonchev–Trinajstić information content (AvgIpc) is 2.74. The second-order valence-electron chi connectivity index (χ2n) is 4.51. The van der Waals surface area contributed by atoms with Gasteiger partial charge in [0, 0.05) is 17.5 Å². The van der Waals surface area contributed by atoms with Gasteiger partial charge in [-0.2, -0.15) is 5.10 Å². The van der Waals surface area contributed by atoms with Crippen LogP contribution < -0.4 is 0 Å². The smallest absolute Gasteiger partial charge is 0.168 e. The minimum absolute atomic E-state index is 0.0604. The fourth-order valence-electron chi connectivity index (χ4n) is 2.04. The molecule has 0 saturated heterocycles. The number of aryl methyl sites for hydroxylation is 2. The first-order valence-corrected chi connectivity index (χ1v) is 8.04. The fraction of sp³-hybridized carbons (Fsp3) is 0.333. The monoisotopic (exact) mass is 308 g/mol. The molecule has 1 aromatic carbocycles. The lowest BCUT2D eigenvalue weighted by Crippen LogP contribution is -2.08. The van der Waals surface area contributed by atoms with Crippen LogP contribution in [0.15, 0.2) is 29.2 Å². The summed E-state index contributed by atoms with van der Waals surface area (Å²) in [5.41, 5.74) is 2.33. The number of Topliss-reactive ketones (excluding diaryl/α,β-unsaturated/α-hetero) is 1. The van der Waals surface area contributed by atoms with Crippen LogP contribution >= 0.6 is 23.4 Å². The first-order chi connectivity index (χ1) is 9.56. The van der Waals surface area contributed by atoms with Gasteiger partial charge < -0.3 is 0 Å². The molecule has 0 saturated carbocycles. The van der Waals surface area contributed by atoms with Gasteiger partial charge in [-0.25, -0.2) is 0 Å². The van der Waals surface area contributed by atoms with E-state index in [0.717, 1.165) is 22.7 Å². The molecular formula is C15H17ClN2OS. The van der Waals surface area contributed by atoms with E-state index < -0.39 is 0 Å². The Morgan fingerprint density at radius 1 is 1.35 bits per heavy atom. The number of carbonyl (C=O) groups is 1. The van der Waals surface area contributed by atoms with Crippen LogP contribution in [0.3, 0.4) is 0 Å². The van der Waals surface area contributed by atoms with Crippen molar-refractivity contribution in [2.24, 2.45) is 7.05 Å². The molecule has 0 aliphatic carbocycles. The number of hydrogen-bond acceptors (Lipinski definition) is 3. The molecule has 0 aliphatic rings. The summed E-state index contributed by atoms with van der Waals surface area (Å²) in [5, 5.41) is 4.95. The number of ketones is 1. The molecule has 1 aromatic heterocycles. The number of aromatic nitrogens is 2. The Bertz CT molecular complexity index is 620. The first-order valence-electron chi connectivity index (χ1n) is 6.44. The minimum atomic E-state index is 0.0604. The van der Waals surface area contributed by atoms with Crippen molar-refractivity contribution in [3.8, 4) is 0 Å². The summed E-state index contributed by atoms with van der Waals surface area (Å²) in [5.74, 6) is 0.0604. The van der Waals surface area contributed by atoms with Gasteiger partial charge in [-0.15, -0.1) is 11.8 Å². The van der Waals surface area contributed by atoms with Crippen molar-refractivity contribution < 1.29 is 4.79 Å². The Balaban J connectivity index is 2.20. The number of nitrogens with zero attached hydrogens (tertiary/aromatic N) is 2. The van der Waals surface area contributed by atoms with Gasteiger partial charge in [0.05, 0.1) is 22.8 Å². The first kappa shape index (κ1) is 15.1. The van der Waals surface area contributed by atoms with Gasteiger partial charge in [-0.3, -0.25) is 9.48 Å². The molecule has 0 bridgehead atoms. The average molecular weight is 309 g/mol. The van der Waals surface area contributed by atoms with Gasteiger partial charge >= 0.3 is 0 Å². The molecule has 1 heterocycles. The summed E-state index contributed by atoms with van der Waals surface area (Å²) in [7, 11) is 1.82. The molecule has 3 nitrogen and oxygen atoms in total. The van der Waals surface area contributed by atoms with Gasteiger partial charge in [0.15, 0.2) is 5.78 Å². The third kappa shape index (κ3) is 3.07. The van der Waals surface area contributed by atoms with Gasteiger partial charge in [-0.1, -0.05) is 30.7 Å². The van der Waals surface area contributed by atoms with Crippen molar-refractivity contribution >= 4 is 29.1 Å². The molecule has 20 heavy (non-hydrogen) atoms. The van der Waals surface area contributed by atoms with Crippen LogP contribution in [-0.2, 0) is 19.9 Å². The normalized spacial score (nSPS) is 10.8. The Morgan fingerprint density at radius 2 is 2.00 bits per heavy atom. The van der Waals surface area contributed by atoms with Crippen molar-refractivity contribution in [1.82, 2.24) is 9.78 Å². The number of thioether (sulfide) groups is 1. The van der Waals surface area contributed by atoms with E-state index in [1.54, 1.807) is 16.4 Å². The highest BCUT2D eigenvalue weighted by Crippen LogP contribution is 2.23. The second-order valence-corrected chi connectivity index (χ2v) is 5.77. The predicted octanol–water partition coefficient (Wildman–Crippen LogP) is 3.78. The van der Waals surface area contributed by atoms with Crippen LogP contribution in [0.5, 0.6) is 0 Å². The maximum absolute atomic E-state index is 12.3. The molecule has 0 spiro atoms. The second kappa shape index (κ2) is 6.46. The summed E-state index contributed by atoms with van der Waals surface area (Å²) in [6, 6.07) is 7.64. The number of halogens is 1. The lowest BCUT2D eigenvalue weighted by molar-refractivity contribution is 0.0990. The Hall–Kier alpha value is -1.26. The predicted molar refractivity (Wildman–Crippen MR) is 83.9 cm³/mol. The SMILES string of the molecule is CCc1nn(C)c(CC(=O)c2ccc(SC)cc2)c1Cl. The molecule has 106 valence electrons. The minimum Gasteiger partial charge on any atom is -0.294 e. The fourth-order valence-corrected chi connectivity index (χ4v) is 2.81. The summed E-state index contributed by atoms with van der Waals surface area (Å²) >= 11 is 7.93. The van der Waals surface area contributed by atoms with Crippen LogP contribution in [0, 0.1) is 0 Å². The summed E-state index contributed by atoms with van der Waals surface area (Å²) in [6.07, 6.45) is 3.06. The maximum atomic E-state index is 12.3. The lowest BCUT2D eigenvalue weighted by Gasteiger charge is -2.04. The maximum Gasteiger partial charge on any atom is 0.168 e. The summed E-state index contributed by atoms with van der Waals surface area (Å²) < 4.78 is 1.70. The van der Waals surface area contributed by atoms with Crippen LogP contribution in [0.2, 0.25) is 5.02 Å². The van der Waals surface area contributed by atoms with Gasteiger partial charge in [0.25, 0.3) is 0 Å². The van der Waals surface area contributed by atoms with Crippen LogP contribution in [0.25, 0.3) is 0 Å². The van der Waals surface area contributed by atoms with Crippen molar-refractivity contribution in [1.29, 1.82) is 0 Å². The number of hydrogen-bond donors (Lipinski definition) is 0. The van der Waals surface area contributed by atoms with E-state index in [4.69, 9.17) is 11.6 Å². The topological polar surface area (TPSA) is 34.9 Å². The van der Waals surface area contributed by atoms with Crippen LogP contribution in [0.1, 0.15) is 28.7 Å². The van der Waals surface area contributed by atoms with E-state index in [1.165, 1.54) is 0 Å². The highest BCUT2D eigenvalue weighted by molar-refractivity contribution is 7.98. The third-order valence-electron chi connectivity index (χ3n) is 3.24. The molecular weight excluding hydrogens is 292 g/mol. The standard InChI is InChI=1S/C15H17ClN2OS/c1-4-12-15(16)13(18(2)17-12)9-14(19)10-5-7-11(20-3)8-6-10/h5-8H,4,9H2,1-3H3. The zero-order chi connectivity index (χ0) is 14.7. The number of benzene rings is 1. The molecule has 0 fully saturated rings. The molecule has 0 amide bonds. The van der Waals surface area contributed by atoms with E-state index in [9.17, 15) is 4.79 Å². The molecule has 0 unspecified atom stereocenters. The Labute approximate surface area is 128 Å². The number of carbonyl (C=O) groups excluding carboxylic acids is 1. The van der Waals surface area contributed by atoms with Crippen molar-refractivity contribution in [3.63, 3.8) is 0 Å².